The van der Waals surface area contributed by atoms with Gasteiger partial charge in [0, 0.05) is 37.2 Å². The number of rotatable bonds is 3. The maximum absolute atomic E-state index is 12.6. The third-order valence-electron chi connectivity index (χ3n) is 5.02. The molecular weight excluding hydrogens is 362 g/mol. The molecule has 0 radical (unpaired) electrons. The van der Waals surface area contributed by atoms with E-state index in [-0.39, 0.29) is 17.9 Å². The Morgan fingerprint density at radius 1 is 1.20 bits per heavy atom. The van der Waals surface area contributed by atoms with E-state index in [2.05, 4.69) is 5.32 Å². The van der Waals surface area contributed by atoms with Crippen molar-refractivity contribution in [1.82, 2.24) is 14.5 Å². The molecule has 2 aliphatic rings. The van der Waals surface area contributed by atoms with Crippen molar-refractivity contribution >= 4 is 28.8 Å². The maximum atomic E-state index is 12.6. The lowest BCUT2D eigenvalue weighted by Gasteiger charge is -2.35. The summed E-state index contributed by atoms with van der Waals surface area (Å²) in [7, 11) is 0. The molecule has 0 aliphatic carbocycles. The van der Waals surface area contributed by atoms with Crippen LogP contribution in [0, 0.1) is 5.92 Å². The quantitative estimate of drug-likeness (QED) is 0.781. The number of hydrogen-bond donors (Lipinski definition) is 2. The summed E-state index contributed by atoms with van der Waals surface area (Å²) in [6.45, 7) is 3.17. The second-order valence-corrected chi connectivity index (χ2v) is 7.96. The van der Waals surface area contributed by atoms with Gasteiger partial charge < -0.3 is 10.2 Å². The topological polar surface area (TPSA) is 72.9 Å². The molecule has 2 fully saturated rings. The van der Waals surface area contributed by atoms with Crippen LogP contribution in [0.2, 0.25) is 5.02 Å². The Morgan fingerprint density at radius 3 is 2.60 bits per heavy atom. The Balaban J connectivity index is 1.72. The second kappa shape index (κ2) is 8.60. The van der Waals surface area contributed by atoms with Crippen LogP contribution in [0.4, 0.5) is 0 Å². The average Bonchev–Trinajstić information content (AvgIpc) is 3.10. The molecule has 2 N–H and O–H groups in total. The molecule has 1 aromatic carbocycles. The molecule has 8 heteroatoms. The highest BCUT2D eigenvalue weighted by molar-refractivity contribution is 7.76. The first-order chi connectivity index (χ1) is 12.1. The van der Waals surface area contributed by atoms with Gasteiger partial charge in [-0.05, 0) is 43.5 Å². The lowest BCUT2D eigenvalue weighted by atomic mass is 10.00. The lowest BCUT2D eigenvalue weighted by molar-refractivity contribution is -0.135. The van der Waals surface area contributed by atoms with Crippen molar-refractivity contribution in [2.75, 3.05) is 32.7 Å². The molecule has 1 aromatic rings. The molecule has 0 aromatic heterocycles. The van der Waals surface area contributed by atoms with Crippen LogP contribution in [0.15, 0.2) is 24.3 Å². The number of carbonyl (C=O) groups excluding carboxylic acids is 1. The average molecular weight is 386 g/mol. The van der Waals surface area contributed by atoms with Gasteiger partial charge in [0.2, 0.25) is 17.2 Å². The minimum absolute atomic E-state index is 0.0413. The van der Waals surface area contributed by atoms with Crippen LogP contribution >= 0.6 is 11.6 Å². The van der Waals surface area contributed by atoms with E-state index in [1.54, 1.807) is 16.4 Å². The largest absolute Gasteiger partial charge is 0.341 e. The predicted molar refractivity (Wildman–Crippen MR) is 98.5 cm³/mol. The maximum Gasteiger partial charge on any atom is 0.235 e. The number of halogens is 1. The van der Waals surface area contributed by atoms with Crippen LogP contribution in [-0.2, 0) is 16.1 Å². The summed E-state index contributed by atoms with van der Waals surface area (Å²) in [6.07, 6.45) is 2.39. The Morgan fingerprint density at radius 2 is 1.96 bits per heavy atom. The monoisotopic (exact) mass is 385 g/mol. The van der Waals surface area contributed by atoms with E-state index in [0.29, 0.717) is 24.7 Å². The van der Waals surface area contributed by atoms with Gasteiger partial charge in [0.1, 0.15) is 0 Å². The van der Waals surface area contributed by atoms with Gasteiger partial charge in [0.25, 0.3) is 0 Å². The molecule has 6 nitrogen and oxygen atoms in total. The SMILES string of the molecule is O=C([C@H]1CCNC1)N1CCCC(c2ccc(Cl)cc2)N(S(=O)O)CC1. The van der Waals surface area contributed by atoms with E-state index in [9.17, 15) is 13.6 Å². The predicted octanol–water partition coefficient (Wildman–Crippen LogP) is 2.05. The smallest absolute Gasteiger partial charge is 0.235 e. The second-order valence-electron chi connectivity index (χ2n) is 6.60. The minimum atomic E-state index is -2.09. The van der Waals surface area contributed by atoms with Crippen molar-refractivity contribution in [3.8, 4) is 0 Å². The lowest BCUT2D eigenvalue weighted by Crippen LogP contribution is -2.45. The van der Waals surface area contributed by atoms with E-state index < -0.39 is 11.3 Å². The molecule has 138 valence electrons. The van der Waals surface area contributed by atoms with Crippen molar-refractivity contribution in [2.24, 2.45) is 5.92 Å². The van der Waals surface area contributed by atoms with Crippen molar-refractivity contribution in [3.63, 3.8) is 0 Å². The molecule has 2 unspecified atom stereocenters. The van der Waals surface area contributed by atoms with Gasteiger partial charge in [0.15, 0.2) is 0 Å². The number of amides is 1. The van der Waals surface area contributed by atoms with Crippen LogP contribution in [-0.4, -0.2) is 56.6 Å². The number of carbonyl (C=O) groups is 1. The molecule has 0 spiro atoms. The summed E-state index contributed by atoms with van der Waals surface area (Å²) >= 11 is 3.86. The molecule has 0 bridgehead atoms. The molecule has 3 atom stereocenters. The van der Waals surface area contributed by atoms with Crippen LogP contribution < -0.4 is 5.32 Å². The van der Waals surface area contributed by atoms with Crippen molar-refractivity contribution in [3.05, 3.63) is 34.9 Å². The van der Waals surface area contributed by atoms with Crippen LogP contribution in [0.3, 0.4) is 0 Å². The van der Waals surface area contributed by atoms with Gasteiger partial charge in [-0.3, -0.25) is 9.35 Å². The van der Waals surface area contributed by atoms with Crippen LogP contribution in [0.1, 0.15) is 30.9 Å². The summed E-state index contributed by atoms with van der Waals surface area (Å²) in [5.41, 5.74) is 0.978. The van der Waals surface area contributed by atoms with Gasteiger partial charge in [-0.1, -0.05) is 23.7 Å². The fourth-order valence-corrected chi connectivity index (χ4v) is 4.46. The first-order valence-electron chi connectivity index (χ1n) is 8.69. The standard InChI is InChI=1S/C17H24ClN3O3S/c18-15-5-3-13(4-6-15)16-2-1-9-20(10-11-21(16)25(23)24)17(22)14-7-8-19-12-14/h3-6,14,16,19H,1-2,7-12H2,(H,23,24)/t14-,16?/m0/s1. The fourth-order valence-electron chi connectivity index (χ4n) is 3.66. The number of nitrogens with zero attached hydrogens (tertiary/aromatic N) is 2. The van der Waals surface area contributed by atoms with Crippen molar-refractivity contribution < 1.29 is 13.6 Å². The molecule has 25 heavy (non-hydrogen) atoms. The van der Waals surface area contributed by atoms with Gasteiger partial charge in [-0.15, -0.1) is 0 Å². The summed E-state index contributed by atoms with van der Waals surface area (Å²) in [4.78, 5) is 14.5. The van der Waals surface area contributed by atoms with Gasteiger partial charge in [0.05, 0.1) is 5.92 Å². The number of nitrogens with one attached hydrogen (secondary N) is 1. The van der Waals surface area contributed by atoms with Crippen LogP contribution in [0.5, 0.6) is 0 Å². The molecular formula is C17H24ClN3O3S. The first-order valence-corrected chi connectivity index (χ1v) is 10.1. The molecule has 2 heterocycles. The Labute approximate surface area is 155 Å². The van der Waals surface area contributed by atoms with Gasteiger partial charge in [-0.25, -0.2) is 4.21 Å². The van der Waals surface area contributed by atoms with E-state index >= 15 is 0 Å². The Bertz CT molecular complexity index is 622. The highest BCUT2D eigenvalue weighted by Gasteiger charge is 2.31. The zero-order valence-corrected chi connectivity index (χ0v) is 15.6. The summed E-state index contributed by atoms with van der Waals surface area (Å²) in [5.74, 6) is 0.207. The molecule has 1 amide bonds. The van der Waals surface area contributed by atoms with Crippen molar-refractivity contribution in [2.45, 2.75) is 25.3 Å². The van der Waals surface area contributed by atoms with Crippen LogP contribution in [0.25, 0.3) is 0 Å². The molecule has 0 saturated carbocycles. The number of hydrogen-bond acceptors (Lipinski definition) is 3. The summed E-state index contributed by atoms with van der Waals surface area (Å²) < 4.78 is 23.2. The summed E-state index contributed by atoms with van der Waals surface area (Å²) in [5, 5.41) is 3.87. The third kappa shape index (κ3) is 4.60. The molecule has 2 saturated heterocycles. The summed E-state index contributed by atoms with van der Waals surface area (Å²) in [6, 6.07) is 7.27. The zero-order chi connectivity index (χ0) is 17.8. The number of benzene rings is 1. The third-order valence-corrected chi connectivity index (χ3v) is 6.11. The normalized spacial score (nSPS) is 26.9. The zero-order valence-electron chi connectivity index (χ0n) is 14.1. The Kier molecular flexibility index (Phi) is 6.46. The first kappa shape index (κ1) is 18.8. The fraction of sp³-hybridized carbons (Fsp3) is 0.588. The molecule has 3 rings (SSSR count). The Hall–Kier alpha value is -0.990. The van der Waals surface area contributed by atoms with Gasteiger partial charge in [-0.2, -0.15) is 4.31 Å². The van der Waals surface area contributed by atoms with Crippen molar-refractivity contribution in [1.29, 1.82) is 0 Å². The highest BCUT2D eigenvalue weighted by atomic mass is 35.5. The van der Waals surface area contributed by atoms with E-state index in [1.807, 2.05) is 17.0 Å². The highest BCUT2D eigenvalue weighted by Crippen LogP contribution is 2.29. The van der Waals surface area contributed by atoms with Gasteiger partial charge >= 0.3 is 0 Å². The molecule has 2 aliphatic heterocycles. The van der Waals surface area contributed by atoms with E-state index in [4.69, 9.17) is 11.6 Å². The minimum Gasteiger partial charge on any atom is -0.341 e. The van der Waals surface area contributed by atoms with E-state index in [0.717, 1.165) is 37.9 Å². The van der Waals surface area contributed by atoms with E-state index in [1.165, 1.54) is 0 Å².